The molecule has 6 atom stereocenters. The predicted octanol–water partition coefficient (Wildman–Crippen LogP) is 3.69. The van der Waals surface area contributed by atoms with E-state index in [0.29, 0.717) is 0 Å². The summed E-state index contributed by atoms with van der Waals surface area (Å²) in [5.74, 6) is 0.0773. The summed E-state index contributed by atoms with van der Waals surface area (Å²) in [5, 5.41) is 0. The van der Waals surface area contributed by atoms with Gasteiger partial charge in [-0.2, -0.15) is 0 Å². The number of ether oxygens (including phenoxy) is 4. The Bertz CT molecular complexity index is 620. The third-order valence-corrected chi connectivity index (χ3v) is 7.10. The molecule has 28 heavy (non-hydrogen) atoms. The van der Waals surface area contributed by atoms with Crippen LogP contribution in [0.4, 0.5) is 4.79 Å². The zero-order valence-electron chi connectivity index (χ0n) is 17.7. The molecule has 0 aromatic heterocycles. The normalized spacial score (nSPS) is 42.2. The lowest BCUT2D eigenvalue weighted by Gasteiger charge is -2.43. The van der Waals surface area contributed by atoms with Gasteiger partial charge in [-0.25, -0.2) is 4.79 Å². The van der Waals surface area contributed by atoms with Crippen LogP contribution in [-0.2, 0) is 18.9 Å². The number of rotatable bonds is 5. The van der Waals surface area contributed by atoms with E-state index in [1.807, 2.05) is 4.90 Å². The van der Waals surface area contributed by atoms with Crippen LogP contribution in [0.1, 0.15) is 59.3 Å². The van der Waals surface area contributed by atoms with Crippen molar-refractivity contribution in [1.29, 1.82) is 0 Å². The van der Waals surface area contributed by atoms with Gasteiger partial charge in [0.1, 0.15) is 23.4 Å². The largest absolute Gasteiger partial charge is 0.443 e. The molecular formula is C22H35NO5. The van der Waals surface area contributed by atoms with Crippen LogP contribution >= 0.6 is 0 Å². The van der Waals surface area contributed by atoms with Gasteiger partial charge in [0, 0.05) is 20.2 Å². The van der Waals surface area contributed by atoms with Crippen molar-refractivity contribution in [3.63, 3.8) is 0 Å². The van der Waals surface area contributed by atoms with Crippen LogP contribution in [0.15, 0.2) is 11.6 Å². The van der Waals surface area contributed by atoms with Crippen molar-refractivity contribution in [2.75, 3.05) is 26.8 Å². The van der Waals surface area contributed by atoms with E-state index in [9.17, 15) is 4.79 Å². The van der Waals surface area contributed by atoms with Crippen LogP contribution in [0.3, 0.4) is 0 Å². The number of hydrogen-bond donors (Lipinski definition) is 0. The molecule has 0 radical (unpaired) electrons. The average Bonchev–Trinajstić information content (AvgIpc) is 3.60. The molecular weight excluding hydrogens is 358 g/mol. The van der Waals surface area contributed by atoms with E-state index in [-0.39, 0.29) is 41.5 Å². The molecule has 0 N–H and O–H groups in total. The first-order valence-electron chi connectivity index (χ1n) is 10.8. The maximum Gasteiger partial charge on any atom is 0.410 e. The van der Waals surface area contributed by atoms with Crippen LogP contribution in [-0.4, -0.2) is 67.3 Å². The molecule has 6 nitrogen and oxygen atoms in total. The summed E-state index contributed by atoms with van der Waals surface area (Å²) < 4.78 is 24.1. The number of hydrogen-bond acceptors (Lipinski definition) is 5. The van der Waals surface area contributed by atoms with Crippen molar-refractivity contribution in [2.45, 2.75) is 88.8 Å². The summed E-state index contributed by atoms with van der Waals surface area (Å²) in [6.45, 7) is 8.74. The fourth-order valence-corrected chi connectivity index (χ4v) is 5.35. The first kappa shape index (κ1) is 20.2. The van der Waals surface area contributed by atoms with Gasteiger partial charge in [0.25, 0.3) is 0 Å². The monoisotopic (exact) mass is 393 g/mol. The van der Waals surface area contributed by atoms with Gasteiger partial charge in [-0.05, 0) is 59.3 Å². The molecule has 4 aliphatic rings. The zero-order chi connectivity index (χ0) is 19.9. The minimum atomic E-state index is -0.292. The molecule has 1 amide bonds. The highest BCUT2D eigenvalue weighted by molar-refractivity contribution is 5.68. The van der Waals surface area contributed by atoms with Gasteiger partial charge in [0.2, 0.25) is 0 Å². The number of methoxy groups -OCH3 is 1. The van der Waals surface area contributed by atoms with Gasteiger partial charge in [0.05, 0.1) is 18.6 Å². The van der Waals surface area contributed by atoms with Crippen molar-refractivity contribution in [2.24, 2.45) is 5.92 Å². The van der Waals surface area contributed by atoms with E-state index in [1.165, 1.54) is 12.0 Å². The Labute approximate surface area is 168 Å². The van der Waals surface area contributed by atoms with Gasteiger partial charge in [-0.3, -0.25) is 0 Å². The highest BCUT2D eigenvalue weighted by Crippen LogP contribution is 2.59. The van der Waals surface area contributed by atoms with Crippen LogP contribution in [0.25, 0.3) is 0 Å². The number of epoxide rings is 2. The van der Waals surface area contributed by atoms with E-state index in [4.69, 9.17) is 18.9 Å². The lowest BCUT2D eigenvalue weighted by atomic mass is 9.68. The molecule has 6 unspecified atom stereocenters. The van der Waals surface area contributed by atoms with Gasteiger partial charge >= 0.3 is 6.09 Å². The number of carbonyl (C=O) groups is 1. The lowest BCUT2D eigenvalue weighted by molar-refractivity contribution is -0.122. The van der Waals surface area contributed by atoms with Gasteiger partial charge < -0.3 is 23.8 Å². The van der Waals surface area contributed by atoms with E-state index < -0.39 is 0 Å². The van der Waals surface area contributed by atoms with Crippen LogP contribution in [0, 0.1) is 5.92 Å². The molecule has 1 saturated carbocycles. The number of likely N-dealkylation sites (tertiary alicyclic amines) is 1. The average molecular weight is 394 g/mol. The molecule has 3 saturated heterocycles. The quantitative estimate of drug-likeness (QED) is 0.527. The summed E-state index contributed by atoms with van der Waals surface area (Å²) in [6.07, 6.45) is 7.65. The number of carbonyl (C=O) groups excluding carboxylic acids is 1. The molecule has 6 heteroatoms. The third-order valence-electron chi connectivity index (χ3n) is 7.10. The predicted molar refractivity (Wildman–Crippen MR) is 105 cm³/mol. The van der Waals surface area contributed by atoms with Gasteiger partial charge in [-0.15, -0.1) is 0 Å². The Morgan fingerprint density at radius 1 is 1.25 bits per heavy atom. The van der Waals surface area contributed by atoms with E-state index >= 15 is 0 Å². The minimum Gasteiger partial charge on any atom is -0.443 e. The third kappa shape index (κ3) is 3.71. The standard InChI is InChI=1S/C22H35NO5/c1-15(2)8-9-17-21(3,28-17)19-18(25-4)16(10-11-22(19)14-26-22)27-20(24)23-12-6-5-7-13-23/h8,16-19H,5-7,9-14H2,1-4H3. The van der Waals surface area contributed by atoms with Gasteiger partial charge in [0.15, 0.2) is 0 Å². The molecule has 1 aliphatic carbocycles. The second-order valence-corrected chi connectivity index (χ2v) is 9.35. The first-order chi connectivity index (χ1) is 13.4. The van der Waals surface area contributed by atoms with E-state index in [1.54, 1.807) is 7.11 Å². The summed E-state index contributed by atoms with van der Waals surface area (Å²) in [5.41, 5.74) is 0.832. The van der Waals surface area contributed by atoms with Crippen molar-refractivity contribution in [3.05, 3.63) is 11.6 Å². The molecule has 1 spiro atoms. The molecule has 4 fully saturated rings. The Morgan fingerprint density at radius 3 is 2.57 bits per heavy atom. The lowest BCUT2D eigenvalue weighted by Crippen LogP contribution is -2.56. The zero-order valence-corrected chi connectivity index (χ0v) is 17.7. The molecule has 4 rings (SSSR count). The highest BCUT2D eigenvalue weighted by Gasteiger charge is 2.72. The Hall–Kier alpha value is -1.11. The first-order valence-corrected chi connectivity index (χ1v) is 10.8. The molecule has 3 heterocycles. The molecule has 3 aliphatic heterocycles. The smallest absolute Gasteiger partial charge is 0.410 e. The molecule has 158 valence electrons. The summed E-state index contributed by atoms with van der Waals surface area (Å²) in [7, 11) is 1.72. The molecule has 0 bridgehead atoms. The maximum atomic E-state index is 12.7. The number of allylic oxidation sites excluding steroid dienone is 1. The van der Waals surface area contributed by atoms with Crippen molar-refractivity contribution in [3.8, 4) is 0 Å². The van der Waals surface area contributed by atoms with Crippen LogP contribution < -0.4 is 0 Å². The Morgan fingerprint density at radius 2 is 1.96 bits per heavy atom. The second-order valence-electron chi connectivity index (χ2n) is 9.35. The SMILES string of the molecule is COC1C(OC(=O)N2CCCCC2)CCC2(CO2)C1C1(C)OC1CC=C(C)C. The maximum absolute atomic E-state index is 12.7. The van der Waals surface area contributed by atoms with Crippen molar-refractivity contribution < 1.29 is 23.7 Å². The van der Waals surface area contributed by atoms with Crippen molar-refractivity contribution in [1.82, 2.24) is 4.90 Å². The second kappa shape index (κ2) is 7.62. The van der Waals surface area contributed by atoms with Crippen LogP contribution in [0.2, 0.25) is 0 Å². The fraction of sp³-hybridized carbons (Fsp3) is 0.864. The summed E-state index contributed by atoms with van der Waals surface area (Å²) >= 11 is 0. The minimum absolute atomic E-state index is 0.0773. The molecule has 0 aromatic carbocycles. The number of piperidine rings is 1. The van der Waals surface area contributed by atoms with Crippen molar-refractivity contribution >= 4 is 6.09 Å². The Balaban J connectivity index is 1.47. The van der Waals surface area contributed by atoms with Gasteiger partial charge in [-0.1, -0.05) is 11.6 Å². The topological polar surface area (TPSA) is 63.8 Å². The van der Waals surface area contributed by atoms with E-state index in [0.717, 1.165) is 51.8 Å². The summed E-state index contributed by atoms with van der Waals surface area (Å²) in [4.78, 5) is 14.5. The number of amides is 1. The number of nitrogens with zero attached hydrogens (tertiary/aromatic N) is 1. The highest BCUT2D eigenvalue weighted by atomic mass is 16.6. The summed E-state index contributed by atoms with van der Waals surface area (Å²) in [6, 6.07) is 0. The van der Waals surface area contributed by atoms with Crippen LogP contribution in [0.5, 0.6) is 0 Å². The Kier molecular flexibility index (Phi) is 5.49. The fourth-order valence-electron chi connectivity index (χ4n) is 5.35. The molecule has 0 aromatic rings. The van der Waals surface area contributed by atoms with E-state index in [2.05, 4.69) is 26.8 Å².